The lowest BCUT2D eigenvalue weighted by Crippen LogP contribution is -2.14. The molecule has 4 heteroatoms. The minimum Gasteiger partial charge on any atom is -0.456 e. The number of benzene rings is 11. The summed E-state index contributed by atoms with van der Waals surface area (Å²) in [4.78, 5) is 4.90. The van der Waals surface area contributed by atoms with Crippen molar-refractivity contribution in [1.82, 2.24) is 0 Å². The van der Waals surface area contributed by atoms with Gasteiger partial charge in [0.2, 0.25) is 0 Å². The van der Waals surface area contributed by atoms with Crippen LogP contribution in [0.1, 0.15) is 59.7 Å². The Labute approximate surface area is 445 Å². The van der Waals surface area contributed by atoms with Gasteiger partial charge in [-0.15, -0.1) is 0 Å². The third-order valence-corrected chi connectivity index (χ3v) is 15.8. The van der Waals surface area contributed by atoms with Crippen LogP contribution in [-0.2, 0) is 5.41 Å². The molecule has 11 aromatic carbocycles. The molecule has 0 unspecified atom stereocenters. The Hall–Kier alpha value is -8.86. The van der Waals surface area contributed by atoms with E-state index in [4.69, 9.17) is 8.83 Å². The molecule has 2 aromatic heterocycles. The zero-order chi connectivity index (χ0) is 52.1. The van der Waals surface area contributed by atoms with E-state index in [0.717, 1.165) is 93.7 Å². The van der Waals surface area contributed by atoms with Crippen LogP contribution >= 0.6 is 0 Å². The van der Waals surface area contributed by atoms with Crippen molar-refractivity contribution in [3.05, 3.63) is 239 Å². The third-order valence-electron chi connectivity index (χ3n) is 15.8. The lowest BCUT2D eigenvalue weighted by Gasteiger charge is -2.30. The van der Waals surface area contributed by atoms with Crippen molar-refractivity contribution in [2.75, 3.05) is 9.80 Å². The van der Waals surface area contributed by atoms with Crippen LogP contribution in [0.5, 0.6) is 0 Å². The highest BCUT2D eigenvalue weighted by molar-refractivity contribution is 6.20. The van der Waals surface area contributed by atoms with Gasteiger partial charge in [0.05, 0.1) is 11.4 Å². The number of furan rings is 2. The second-order valence-corrected chi connectivity index (χ2v) is 22.1. The van der Waals surface area contributed by atoms with Gasteiger partial charge in [-0.2, -0.15) is 0 Å². The molecular formula is C72H60N2O2. The molecule has 13 rings (SSSR count). The Morgan fingerprint density at radius 1 is 0.329 bits per heavy atom. The third kappa shape index (κ3) is 7.82. The molecule has 4 nitrogen and oxygen atoms in total. The first-order chi connectivity index (χ1) is 36.8. The summed E-state index contributed by atoms with van der Waals surface area (Å²) >= 11 is 0. The molecule has 0 bridgehead atoms. The predicted molar refractivity (Wildman–Crippen MR) is 323 cm³/mol. The number of rotatable bonds is 8. The van der Waals surface area contributed by atoms with E-state index in [1.54, 1.807) is 0 Å². The van der Waals surface area contributed by atoms with E-state index >= 15 is 0 Å². The van der Waals surface area contributed by atoms with Crippen LogP contribution < -0.4 is 9.80 Å². The van der Waals surface area contributed by atoms with Crippen LogP contribution in [0.3, 0.4) is 0 Å². The average molecular weight is 985 g/mol. The maximum absolute atomic E-state index is 7.15. The number of anilines is 6. The first-order valence-corrected chi connectivity index (χ1v) is 26.6. The molecule has 0 aliphatic rings. The maximum Gasteiger partial charge on any atom is 0.140 e. The van der Waals surface area contributed by atoms with Gasteiger partial charge < -0.3 is 18.6 Å². The molecule has 76 heavy (non-hydrogen) atoms. The van der Waals surface area contributed by atoms with Gasteiger partial charge in [0.25, 0.3) is 0 Å². The second kappa shape index (κ2) is 17.9. The van der Waals surface area contributed by atoms with Gasteiger partial charge in [0.1, 0.15) is 22.3 Å². The number of hydrogen-bond acceptors (Lipinski definition) is 4. The number of para-hydroxylation sites is 2. The summed E-state index contributed by atoms with van der Waals surface area (Å²) in [6, 6.07) is 73.2. The predicted octanol–water partition coefficient (Wildman–Crippen LogP) is 21.2. The molecule has 0 atom stereocenters. The van der Waals surface area contributed by atoms with Gasteiger partial charge in [0.15, 0.2) is 0 Å². The number of aryl methyl sites for hydroxylation is 6. The minimum atomic E-state index is -0.274. The monoisotopic (exact) mass is 984 g/mol. The molecule has 0 amide bonds. The summed E-state index contributed by atoms with van der Waals surface area (Å²) in [6.45, 7) is 20.1. The van der Waals surface area contributed by atoms with Gasteiger partial charge in [-0.3, -0.25) is 0 Å². The smallest absolute Gasteiger partial charge is 0.140 e. The first-order valence-electron chi connectivity index (χ1n) is 26.6. The Morgan fingerprint density at radius 2 is 0.789 bits per heavy atom. The molecule has 0 N–H and O–H groups in total. The van der Waals surface area contributed by atoms with Crippen LogP contribution in [0.25, 0.3) is 87.7 Å². The molecule has 370 valence electrons. The summed E-state index contributed by atoms with van der Waals surface area (Å²) in [5.41, 5.74) is 23.3. The summed E-state index contributed by atoms with van der Waals surface area (Å²) in [6.07, 6.45) is 0. The van der Waals surface area contributed by atoms with Crippen molar-refractivity contribution in [1.29, 1.82) is 0 Å². The zero-order valence-corrected chi connectivity index (χ0v) is 44.8. The number of hydrogen-bond donors (Lipinski definition) is 0. The van der Waals surface area contributed by atoms with Crippen molar-refractivity contribution in [2.24, 2.45) is 0 Å². The maximum atomic E-state index is 7.15. The second-order valence-electron chi connectivity index (χ2n) is 22.1. The van der Waals surface area contributed by atoms with E-state index in [1.807, 2.05) is 0 Å². The van der Waals surface area contributed by atoms with Gasteiger partial charge in [-0.25, -0.2) is 0 Å². The number of nitrogens with zero attached hydrogens (tertiary/aromatic N) is 2. The largest absolute Gasteiger partial charge is 0.456 e. The first kappa shape index (κ1) is 46.9. The zero-order valence-electron chi connectivity index (χ0n) is 44.8. The van der Waals surface area contributed by atoms with E-state index in [1.165, 1.54) is 67.0 Å². The summed E-state index contributed by atoms with van der Waals surface area (Å²) < 4.78 is 14.2. The van der Waals surface area contributed by atoms with Crippen LogP contribution in [0.2, 0.25) is 0 Å². The fourth-order valence-electron chi connectivity index (χ4n) is 12.0. The van der Waals surface area contributed by atoms with E-state index in [9.17, 15) is 0 Å². The molecule has 0 aliphatic carbocycles. The molecule has 0 saturated heterocycles. The fourth-order valence-corrected chi connectivity index (χ4v) is 12.0. The van der Waals surface area contributed by atoms with E-state index in [-0.39, 0.29) is 5.41 Å². The SMILES string of the molecule is Cc1ccc(-c2ccccc2)cc1N(c1ccc2cc3c(cc2c1)oc1c(C(C)(C)C)c2c(cc13)oc1cc3cc(N(c4cc(-c5ccccc5)ccc4C)c4c(C)cccc4C)ccc3cc12)c1c(C)cccc1C. The van der Waals surface area contributed by atoms with Crippen molar-refractivity contribution < 1.29 is 8.83 Å². The lowest BCUT2D eigenvalue weighted by atomic mass is 9.82. The van der Waals surface area contributed by atoms with E-state index in [0.29, 0.717) is 0 Å². The Kier molecular flexibility index (Phi) is 11.1. The molecule has 0 fully saturated rings. The van der Waals surface area contributed by atoms with Crippen molar-refractivity contribution in [3.8, 4) is 22.3 Å². The average Bonchev–Trinajstić information content (AvgIpc) is 4.08. The highest BCUT2D eigenvalue weighted by Crippen LogP contribution is 2.49. The fraction of sp³-hybridized carbons (Fsp3) is 0.139. The van der Waals surface area contributed by atoms with Gasteiger partial charge in [-0.1, -0.05) is 154 Å². The van der Waals surface area contributed by atoms with E-state index < -0.39 is 0 Å². The normalized spacial score (nSPS) is 12.0. The lowest BCUT2D eigenvalue weighted by molar-refractivity contribution is 0.577. The van der Waals surface area contributed by atoms with Crippen LogP contribution in [0.4, 0.5) is 34.1 Å². The van der Waals surface area contributed by atoms with Crippen LogP contribution in [0, 0.1) is 41.5 Å². The molecule has 0 aliphatic heterocycles. The van der Waals surface area contributed by atoms with Crippen molar-refractivity contribution in [2.45, 2.75) is 67.7 Å². The number of fused-ring (bicyclic) bond motifs is 8. The van der Waals surface area contributed by atoms with E-state index in [2.05, 4.69) is 272 Å². The Morgan fingerprint density at radius 3 is 1.26 bits per heavy atom. The molecule has 2 heterocycles. The highest BCUT2D eigenvalue weighted by Gasteiger charge is 2.29. The van der Waals surface area contributed by atoms with Crippen molar-refractivity contribution in [3.63, 3.8) is 0 Å². The summed E-state index contributed by atoms with van der Waals surface area (Å²) in [7, 11) is 0. The quantitative estimate of drug-likeness (QED) is 0.152. The Bertz CT molecular complexity index is 4250. The Balaban J connectivity index is 0.955. The summed E-state index contributed by atoms with van der Waals surface area (Å²) in [5, 5.41) is 8.87. The molecule has 0 saturated carbocycles. The van der Waals surface area contributed by atoms with Gasteiger partial charge in [0, 0.05) is 49.9 Å². The standard InChI is InChI=1S/C72H60N2O2/c1-43-26-28-53(49-22-12-10-13-23-49)38-62(43)73(69-45(3)18-16-19-46(69)4)57-32-30-51-36-59-60-42-66-67(68(72(7,8)9)71(60)76-64(59)40-55(51)34-57)61-37-52-31-33-58(35-56(52)41-65(61)75-66)74(70-47(5)20-17-21-48(70)6)63-39-54(29-27-44(63)2)50-24-14-11-15-25-50/h10-42H,1-9H3. The van der Waals surface area contributed by atoms with Crippen molar-refractivity contribution >= 4 is 99.5 Å². The van der Waals surface area contributed by atoms with Crippen LogP contribution in [0.15, 0.2) is 209 Å². The molecular weight excluding hydrogens is 925 g/mol. The van der Waals surface area contributed by atoms with Crippen LogP contribution in [-0.4, -0.2) is 0 Å². The molecule has 0 spiro atoms. The molecule has 13 aromatic rings. The minimum absolute atomic E-state index is 0.274. The van der Waals surface area contributed by atoms with Gasteiger partial charge in [-0.05, 0) is 191 Å². The topological polar surface area (TPSA) is 32.8 Å². The van der Waals surface area contributed by atoms with Gasteiger partial charge >= 0.3 is 0 Å². The molecule has 0 radical (unpaired) electrons. The highest BCUT2D eigenvalue weighted by atomic mass is 16.3. The summed E-state index contributed by atoms with van der Waals surface area (Å²) in [5.74, 6) is 0.